The van der Waals surface area contributed by atoms with Crippen LogP contribution in [0.25, 0.3) is 27.6 Å². The van der Waals surface area contributed by atoms with E-state index in [0.29, 0.717) is 0 Å². The highest BCUT2D eigenvalue weighted by molar-refractivity contribution is 6.15. The maximum Gasteiger partial charge on any atom is 0.363 e. The fourth-order valence-corrected chi connectivity index (χ4v) is 3.50. The van der Waals surface area contributed by atoms with Crippen molar-refractivity contribution in [2.75, 3.05) is 0 Å². The summed E-state index contributed by atoms with van der Waals surface area (Å²) in [5, 5.41) is 4.16. The number of cyclic esters (lactones) is 1. The van der Waals surface area contributed by atoms with E-state index in [4.69, 9.17) is 4.74 Å². The molecular formula is C24H14FNO2. The summed E-state index contributed by atoms with van der Waals surface area (Å²) in [6, 6.07) is 24.2. The predicted molar refractivity (Wildman–Crippen MR) is 108 cm³/mol. The molecule has 0 fully saturated rings. The molecule has 3 nitrogen and oxygen atoms in total. The zero-order chi connectivity index (χ0) is 19.1. The molecule has 5 rings (SSSR count). The molecule has 0 saturated heterocycles. The van der Waals surface area contributed by atoms with E-state index >= 15 is 0 Å². The Hall–Kier alpha value is -3.79. The van der Waals surface area contributed by atoms with Crippen LogP contribution in [-0.2, 0) is 9.53 Å². The average molecular weight is 367 g/mol. The van der Waals surface area contributed by atoms with E-state index in [2.05, 4.69) is 11.1 Å². The van der Waals surface area contributed by atoms with Crippen molar-refractivity contribution in [3.63, 3.8) is 0 Å². The van der Waals surface area contributed by atoms with Crippen LogP contribution in [0.3, 0.4) is 0 Å². The van der Waals surface area contributed by atoms with Crippen molar-refractivity contribution in [1.82, 2.24) is 0 Å². The molecule has 0 spiro atoms. The van der Waals surface area contributed by atoms with Gasteiger partial charge in [0.2, 0.25) is 5.90 Å². The standard InChI is InChI=1S/C24H14FNO2/c25-21-12-6-5-11-19(21)23-26-22(24(27)28-23)14-20-17-9-3-1-7-15(17)13-16-8-2-4-10-18(16)20/h1-14H. The van der Waals surface area contributed by atoms with Crippen LogP contribution >= 0.6 is 0 Å². The van der Waals surface area contributed by atoms with Crippen molar-refractivity contribution in [1.29, 1.82) is 0 Å². The molecule has 0 atom stereocenters. The molecule has 4 aromatic carbocycles. The highest BCUT2D eigenvalue weighted by atomic mass is 19.1. The molecule has 0 saturated carbocycles. The lowest BCUT2D eigenvalue weighted by atomic mass is 9.96. The van der Waals surface area contributed by atoms with E-state index in [1.807, 2.05) is 48.5 Å². The Labute approximate surface area is 160 Å². The lowest BCUT2D eigenvalue weighted by Gasteiger charge is -2.08. The summed E-state index contributed by atoms with van der Waals surface area (Å²) in [6.45, 7) is 0. The van der Waals surface area contributed by atoms with Crippen LogP contribution in [-0.4, -0.2) is 11.9 Å². The molecule has 134 valence electrons. The number of ether oxygens (including phenoxy) is 1. The van der Waals surface area contributed by atoms with E-state index in [9.17, 15) is 9.18 Å². The van der Waals surface area contributed by atoms with Crippen LogP contribution in [0, 0.1) is 5.82 Å². The number of hydrogen-bond acceptors (Lipinski definition) is 3. The molecule has 0 radical (unpaired) electrons. The van der Waals surface area contributed by atoms with Crippen LogP contribution in [0.5, 0.6) is 0 Å². The number of rotatable bonds is 2. The van der Waals surface area contributed by atoms with Gasteiger partial charge in [0.1, 0.15) is 5.82 Å². The quantitative estimate of drug-likeness (QED) is 0.267. The van der Waals surface area contributed by atoms with E-state index in [1.165, 1.54) is 12.1 Å². The number of fused-ring (bicyclic) bond motifs is 2. The minimum Gasteiger partial charge on any atom is -0.402 e. The zero-order valence-electron chi connectivity index (χ0n) is 14.7. The summed E-state index contributed by atoms with van der Waals surface area (Å²) < 4.78 is 19.3. The monoisotopic (exact) mass is 367 g/mol. The normalized spacial score (nSPS) is 15.2. The molecule has 0 aliphatic carbocycles. The summed E-state index contributed by atoms with van der Waals surface area (Å²) >= 11 is 0. The van der Waals surface area contributed by atoms with Crippen molar-refractivity contribution in [3.8, 4) is 0 Å². The number of hydrogen-bond donors (Lipinski definition) is 0. The lowest BCUT2D eigenvalue weighted by molar-refractivity contribution is -0.129. The van der Waals surface area contributed by atoms with Gasteiger partial charge in [-0.3, -0.25) is 0 Å². The average Bonchev–Trinajstić information content (AvgIpc) is 3.08. The predicted octanol–water partition coefficient (Wildman–Crippen LogP) is 5.48. The van der Waals surface area contributed by atoms with Crippen LogP contribution in [0.4, 0.5) is 4.39 Å². The summed E-state index contributed by atoms with van der Waals surface area (Å²) in [7, 11) is 0. The third-order valence-electron chi connectivity index (χ3n) is 4.82. The first-order chi connectivity index (χ1) is 13.7. The van der Waals surface area contributed by atoms with Gasteiger partial charge in [0.05, 0.1) is 5.56 Å². The minimum atomic E-state index is -0.588. The lowest BCUT2D eigenvalue weighted by Crippen LogP contribution is -2.07. The van der Waals surface area contributed by atoms with Crippen LogP contribution in [0.15, 0.2) is 89.6 Å². The van der Waals surface area contributed by atoms with Gasteiger partial charge in [-0.05, 0) is 51.4 Å². The van der Waals surface area contributed by atoms with Crippen LogP contribution in [0.2, 0.25) is 0 Å². The van der Waals surface area contributed by atoms with Crippen molar-refractivity contribution in [2.24, 2.45) is 4.99 Å². The van der Waals surface area contributed by atoms with Gasteiger partial charge in [-0.25, -0.2) is 14.2 Å². The Balaban J connectivity index is 1.73. The van der Waals surface area contributed by atoms with Crippen molar-refractivity contribution in [2.45, 2.75) is 0 Å². The molecule has 1 aliphatic heterocycles. The third-order valence-corrected chi connectivity index (χ3v) is 4.82. The Bertz CT molecular complexity index is 1270. The Kier molecular flexibility index (Phi) is 3.76. The summed E-state index contributed by atoms with van der Waals surface area (Å²) in [6.07, 6.45) is 1.72. The second kappa shape index (κ2) is 6.43. The van der Waals surface area contributed by atoms with Gasteiger partial charge in [-0.1, -0.05) is 60.7 Å². The van der Waals surface area contributed by atoms with E-state index in [0.717, 1.165) is 27.1 Å². The number of aliphatic imine (C=N–C) groups is 1. The number of carbonyl (C=O) groups excluding carboxylic acids is 1. The van der Waals surface area contributed by atoms with Gasteiger partial charge in [0, 0.05) is 0 Å². The first kappa shape index (κ1) is 16.4. The third kappa shape index (κ3) is 2.67. The maximum absolute atomic E-state index is 14.0. The first-order valence-corrected chi connectivity index (χ1v) is 8.89. The Morgan fingerprint density at radius 1 is 0.821 bits per heavy atom. The van der Waals surface area contributed by atoms with Crippen molar-refractivity contribution < 1.29 is 13.9 Å². The fourth-order valence-electron chi connectivity index (χ4n) is 3.50. The number of nitrogens with zero attached hydrogens (tertiary/aromatic N) is 1. The van der Waals surface area contributed by atoms with Crippen molar-refractivity contribution in [3.05, 3.63) is 102 Å². The second-order valence-corrected chi connectivity index (χ2v) is 6.55. The summed E-state index contributed by atoms with van der Waals surface area (Å²) in [5.74, 6) is -1.08. The van der Waals surface area contributed by atoms with Gasteiger partial charge in [-0.2, -0.15) is 0 Å². The van der Waals surface area contributed by atoms with Gasteiger partial charge in [-0.15, -0.1) is 0 Å². The minimum absolute atomic E-state index is 0.0149. The van der Waals surface area contributed by atoms with Gasteiger partial charge in [0.15, 0.2) is 5.70 Å². The highest BCUT2D eigenvalue weighted by Gasteiger charge is 2.26. The first-order valence-electron chi connectivity index (χ1n) is 8.89. The largest absolute Gasteiger partial charge is 0.402 e. The molecule has 0 amide bonds. The van der Waals surface area contributed by atoms with Crippen molar-refractivity contribution >= 4 is 39.5 Å². The molecule has 4 aromatic rings. The topological polar surface area (TPSA) is 38.7 Å². The van der Waals surface area contributed by atoms with E-state index < -0.39 is 11.8 Å². The second-order valence-electron chi connectivity index (χ2n) is 6.55. The highest BCUT2D eigenvalue weighted by Crippen LogP contribution is 2.31. The van der Waals surface area contributed by atoms with Crippen LogP contribution in [0.1, 0.15) is 11.1 Å². The molecule has 1 aliphatic rings. The Morgan fingerprint density at radius 3 is 2.11 bits per heavy atom. The molecule has 1 heterocycles. The zero-order valence-corrected chi connectivity index (χ0v) is 14.7. The summed E-state index contributed by atoms with van der Waals surface area (Å²) in [4.78, 5) is 16.7. The Morgan fingerprint density at radius 2 is 1.43 bits per heavy atom. The molecular weight excluding hydrogens is 353 g/mol. The number of carbonyl (C=O) groups is 1. The molecule has 0 N–H and O–H groups in total. The number of halogens is 1. The van der Waals surface area contributed by atoms with Gasteiger partial charge >= 0.3 is 5.97 Å². The SMILES string of the molecule is O=C1OC(c2ccccc2F)=NC1=Cc1c2ccccc2cc2ccccc12. The fraction of sp³-hybridized carbons (Fsp3) is 0. The smallest absolute Gasteiger partial charge is 0.363 e. The molecule has 4 heteroatoms. The number of benzene rings is 4. The number of esters is 1. The van der Waals surface area contributed by atoms with Gasteiger partial charge < -0.3 is 4.74 Å². The maximum atomic E-state index is 14.0. The van der Waals surface area contributed by atoms with Gasteiger partial charge in [0.25, 0.3) is 0 Å². The molecule has 28 heavy (non-hydrogen) atoms. The van der Waals surface area contributed by atoms with Crippen LogP contribution < -0.4 is 0 Å². The van der Waals surface area contributed by atoms with E-state index in [1.54, 1.807) is 18.2 Å². The van der Waals surface area contributed by atoms with E-state index in [-0.39, 0.29) is 17.2 Å². The molecule has 0 bridgehead atoms. The molecule has 0 aromatic heterocycles. The molecule has 0 unspecified atom stereocenters. The summed E-state index contributed by atoms with van der Waals surface area (Å²) in [5.41, 5.74) is 1.21.